The zero-order valence-electron chi connectivity index (χ0n) is 6.25. The molecule has 10 heavy (non-hydrogen) atoms. The molecule has 2 aliphatic rings. The van der Waals surface area contributed by atoms with Gasteiger partial charge in [0, 0.05) is 26.7 Å². The summed E-state index contributed by atoms with van der Waals surface area (Å²) >= 11 is 0. The number of hydrogen-bond acceptors (Lipinski definition) is 3. The van der Waals surface area contributed by atoms with E-state index < -0.39 is 0 Å². The van der Waals surface area contributed by atoms with Crippen molar-refractivity contribution in [1.29, 1.82) is 0 Å². The number of rotatable bonds is 3. The lowest BCUT2D eigenvalue weighted by molar-refractivity contribution is -0.0314. The molecular formula is C7H13NO2. The summed E-state index contributed by atoms with van der Waals surface area (Å²) in [7, 11) is 1.77. The highest BCUT2D eigenvalue weighted by Crippen LogP contribution is 2.16. The Morgan fingerprint density at radius 2 is 2.30 bits per heavy atom. The summed E-state index contributed by atoms with van der Waals surface area (Å²) in [4.78, 5) is 2.37. The van der Waals surface area contributed by atoms with Crippen LogP contribution in [0.5, 0.6) is 0 Å². The van der Waals surface area contributed by atoms with Gasteiger partial charge < -0.3 is 9.47 Å². The normalized spacial score (nSPS) is 33.9. The predicted molar refractivity (Wildman–Crippen MR) is 37.0 cm³/mol. The van der Waals surface area contributed by atoms with Crippen molar-refractivity contribution in [2.24, 2.45) is 0 Å². The number of ether oxygens (including phenoxy) is 2. The smallest absolute Gasteiger partial charge is 0.0936 e. The maximum absolute atomic E-state index is 5.14. The van der Waals surface area contributed by atoms with Crippen LogP contribution in [0.1, 0.15) is 0 Å². The molecule has 0 saturated carbocycles. The van der Waals surface area contributed by atoms with Crippen LogP contribution in [-0.2, 0) is 9.47 Å². The van der Waals surface area contributed by atoms with Crippen LogP contribution in [-0.4, -0.2) is 50.5 Å². The van der Waals surface area contributed by atoms with E-state index in [0.717, 1.165) is 26.2 Å². The van der Waals surface area contributed by atoms with Crippen LogP contribution in [0.2, 0.25) is 0 Å². The van der Waals surface area contributed by atoms with Gasteiger partial charge in [-0.1, -0.05) is 0 Å². The molecule has 1 atom stereocenters. The summed E-state index contributed by atoms with van der Waals surface area (Å²) in [6, 6.07) is 0. The second-order valence-corrected chi connectivity index (χ2v) is 3.03. The Balaban J connectivity index is 1.60. The number of nitrogens with zero attached hydrogens (tertiary/aromatic N) is 1. The molecule has 0 spiro atoms. The molecule has 2 fully saturated rings. The molecule has 0 aromatic rings. The fraction of sp³-hybridized carbons (Fsp3) is 1.00. The second-order valence-electron chi connectivity index (χ2n) is 3.03. The molecule has 0 amide bonds. The zero-order chi connectivity index (χ0) is 6.97. The van der Waals surface area contributed by atoms with E-state index in [-0.39, 0.29) is 0 Å². The Morgan fingerprint density at radius 1 is 1.60 bits per heavy atom. The van der Waals surface area contributed by atoms with Gasteiger partial charge in [-0.2, -0.15) is 0 Å². The summed E-state index contributed by atoms with van der Waals surface area (Å²) in [6.45, 7) is 4.26. The van der Waals surface area contributed by atoms with Gasteiger partial charge in [0.2, 0.25) is 0 Å². The van der Waals surface area contributed by atoms with Gasteiger partial charge in [0.1, 0.15) is 0 Å². The Morgan fingerprint density at radius 3 is 2.80 bits per heavy atom. The monoisotopic (exact) mass is 143 g/mol. The lowest BCUT2D eigenvalue weighted by Gasteiger charge is -2.37. The number of epoxide rings is 1. The van der Waals surface area contributed by atoms with Gasteiger partial charge in [-0.15, -0.1) is 0 Å². The molecule has 58 valence electrons. The van der Waals surface area contributed by atoms with Crippen molar-refractivity contribution in [3.05, 3.63) is 0 Å². The molecule has 0 unspecified atom stereocenters. The molecule has 2 saturated heterocycles. The Labute approximate surface area is 60.9 Å². The van der Waals surface area contributed by atoms with Crippen molar-refractivity contribution >= 4 is 0 Å². The van der Waals surface area contributed by atoms with E-state index in [2.05, 4.69) is 4.90 Å². The summed E-state index contributed by atoms with van der Waals surface area (Å²) < 4.78 is 10.2. The summed E-state index contributed by atoms with van der Waals surface area (Å²) in [6.07, 6.45) is 1.02. The molecule has 0 radical (unpaired) electrons. The molecule has 0 aromatic carbocycles. The highest BCUT2D eigenvalue weighted by atomic mass is 16.6. The molecule has 0 bridgehead atoms. The standard InChI is InChI=1S/C7H13NO2/c1-9-6-2-8(3-6)4-7-5-10-7/h6-7H,2-5H2,1H3/t7-/m0/s1. The van der Waals surface area contributed by atoms with Crippen molar-refractivity contribution in [3.8, 4) is 0 Å². The van der Waals surface area contributed by atoms with E-state index in [1.165, 1.54) is 0 Å². The first-order valence-corrected chi connectivity index (χ1v) is 3.75. The first-order valence-electron chi connectivity index (χ1n) is 3.75. The average molecular weight is 143 g/mol. The summed E-state index contributed by atoms with van der Waals surface area (Å²) in [5, 5.41) is 0. The minimum Gasteiger partial charge on any atom is -0.379 e. The Kier molecular flexibility index (Phi) is 1.64. The van der Waals surface area contributed by atoms with E-state index in [1.807, 2.05) is 0 Å². The molecule has 2 rings (SSSR count). The van der Waals surface area contributed by atoms with Gasteiger partial charge in [-0.3, -0.25) is 4.90 Å². The van der Waals surface area contributed by atoms with Gasteiger partial charge in [-0.25, -0.2) is 0 Å². The number of likely N-dealkylation sites (tertiary alicyclic amines) is 1. The largest absolute Gasteiger partial charge is 0.379 e. The van der Waals surface area contributed by atoms with Crippen molar-refractivity contribution in [2.75, 3.05) is 33.4 Å². The van der Waals surface area contributed by atoms with E-state index in [9.17, 15) is 0 Å². The first kappa shape index (κ1) is 6.58. The molecule has 2 heterocycles. The molecular weight excluding hydrogens is 130 g/mol. The van der Waals surface area contributed by atoms with Gasteiger partial charge >= 0.3 is 0 Å². The van der Waals surface area contributed by atoms with Crippen LogP contribution < -0.4 is 0 Å². The molecule has 2 aliphatic heterocycles. The van der Waals surface area contributed by atoms with E-state index in [0.29, 0.717) is 12.2 Å². The molecule has 3 heteroatoms. The Bertz CT molecular complexity index is 119. The average Bonchev–Trinajstić information content (AvgIpc) is 2.60. The topological polar surface area (TPSA) is 25.0 Å². The minimum atomic E-state index is 0.485. The van der Waals surface area contributed by atoms with Gasteiger partial charge in [0.25, 0.3) is 0 Å². The van der Waals surface area contributed by atoms with Crippen molar-refractivity contribution in [3.63, 3.8) is 0 Å². The van der Waals surface area contributed by atoms with Crippen LogP contribution in [0.4, 0.5) is 0 Å². The number of methoxy groups -OCH3 is 1. The predicted octanol–water partition coefficient (Wildman–Crippen LogP) is -0.284. The van der Waals surface area contributed by atoms with Crippen LogP contribution >= 0.6 is 0 Å². The first-order chi connectivity index (χ1) is 4.88. The van der Waals surface area contributed by atoms with Crippen molar-refractivity contribution in [2.45, 2.75) is 12.2 Å². The quantitative estimate of drug-likeness (QED) is 0.508. The Hall–Kier alpha value is -0.120. The SMILES string of the molecule is COC1CN(C[C@H]2CO2)C1. The van der Waals surface area contributed by atoms with Crippen molar-refractivity contribution in [1.82, 2.24) is 4.90 Å². The molecule has 0 aliphatic carbocycles. The highest BCUT2D eigenvalue weighted by Gasteiger charge is 2.32. The highest BCUT2D eigenvalue weighted by molar-refractivity contribution is 4.84. The number of hydrogen-bond donors (Lipinski definition) is 0. The third kappa shape index (κ3) is 1.31. The van der Waals surface area contributed by atoms with Crippen LogP contribution in [0.15, 0.2) is 0 Å². The summed E-state index contributed by atoms with van der Waals surface area (Å²) in [5.41, 5.74) is 0. The van der Waals surface area contributed by atoms with Crippen LogP contribution in [0.3, 0.4) is 0 Å². The zero-order valence-corrected chi connectivity index (χ0v) is 6.25. The van der Waals surface area contributed by atoms with Gasteiger partial charge in [-0.05, 0) is 0 Å². The molecule has 0 N–H and O–H groups in total. The maximum atomic E-state index is 5.14. The van der Waals surface area contributed by atoms with Crippen LogP contribution in [0.25, 0.3) is 0 Å². The van der Waals surface area contributed by atoms with Crippen molar-refractivity contribution < 1.29 is 9.47 Å². The van der Waals surface area contributed by atoms with E-state index in [1.54, 1.807) is 7.11 Å². The fourth-order valence-corrected chi connectivity index (χ4v) is 1.28. The summed E-state index contributed by atoms with van der Waals surface area (Å²) in [5.74, 6) is 0. The lowest BCUT2D eigenvalue weighted by Crippen LogP contribution is -2.52. The fourth-order valence-electron chi connectivity index (χ4n) is 1.28. The minimum absolute atomic E-state index is 0.485. The van der Waals surface area contributed by atoms with Crippen LogP contribution in [0, 0.1) is 0 Å². The van der Waals surface area contributed by atoms with Gasteiger partial charge in [0.15, 0.2) is 0 Å². The van der Waals surface area contributed by atoms with E-state index in [4.69, 9.17) is 9.47 Å². The van der Waals surface area contributed by atoms with E-state index >= 15 is 0 Å². The second kappa shape index (κ2) is 2.49. The maximum Gasteiger partial charge on any atom is 0.0936 e. The molecule has 3 nitrogen and oxygen atoms in total. The third-order valence-electron chi connectivity index (χ3n) is 2.12. The third-order valence-corrected chi connectivity index (χ3v) is 2.12. The lowest BCUT2D eigenvalue weighted by atomic mass is 10.1. The van der Waals surface area contributed by atoms with Gasteiger partial charge in [0.05, 0.1) is 18.8 Å². The molecule has 0 aromatic heterocycles.